The molecule has 2 unspecified atom stereocenters. The first-order valence-corrected chi connectivity index (χ1v) is 7.19. The van der Waals surface area contributed by atoms with Crippen LogP contribution in [0.5, 0.6) is 0 Å². The van der Waals surface area contributed by atoms with Crippen LogP contribution in [-0.2, 0) is 0 Å². The van der Waals surface area contributed by atoms with Crippen molar-refractivity contribution >= 4 is 35.3 Å². The van der Waals surface area contributed by atoms with Crippen LogP contribution in [0.25, 0.3) is 0 Å². The Morgan fingerprint density at radius 2 is 2.24 bits per heavy atom. The minimum absolute atomic E-state index is 0.466. The Morgan fingerprint density at radius 3 is 2.88 bits per heavy atom. The molecule has 0 bridgehead atoms. The molecule has 92 valence electrons. The van der Waals surface area contributed by atoms with E-state index in [1.54, 1.807) is 6.07 Å². The van der Waals surface area contributed by atoms with Gasteiger partial charge in [0.1, 0.15) is 6.29 Å². The third kappa shape index (κ3) is 2.61. The van der Waals surface area contributed by atoms with Crippen LogP contribution in [0.1, 0.15) is 24.2 Å². The van der Waals surface area contributed by atoms with Crippen molar-refractivity contribution in [3.63, 3.8) is 0 Å². The van der Waals surface area contributed by atoms with Crippen LogP contribution in [0.15, 0.2) is 18.2 Å². The highest BCUT2D eigenvalue weighted by molar-refractivity contribution is 8.00. The highest BCUT2D eigenvalue weighted by Crippen LogP contribution is 2.33. The third-order valence-corrected chi connectivity index (χ3v) is 4.94. The van der Waals surface area contributed by atoms with Crippen LogP contribution >= 0.6 is 23.4 Å². The van der Waals surface area contributed by atoms with Crippen LogP contribution in [0, 0.1) is 0 Å². The SMILES string of the molecule is CC1SCCN(c2ccc(C=O)cc2Cl)C1C. The molecule has 0 spiro atoms. The lowest BCUT2D eigenvalue weighted by Gasteiger charge is -2.39. The number of hydrogen-bond acceptors (Lipinski definition) is 3. The van der Waals surface area contributed by atoms with E-state index in [0.29, 0.717) is 21.9 Å². The number of nitrogens with zero attached hydrogens (tertiary/aromatic N) is 1. The first-order valence-electron chi connectivity index (χ1n) is 5.76. The molecule has 1 aliphatic rings. The first-order chi connectivity index (χ1) is 8.13. The summed E-state index contributed by atoms with van der Waals surface area (Å²) < 4.78 is 0. The molecule has 1 heterocycles. The van der Waals surface area contributed by atoms with Gasteiger partial charge in [-0.3, -0.25) is 4.79 Å². The summed E-state index contributed by atoms with van der Waals surface area (Å²) in [4.78, 5) is 13.0. The normalized spacial score (nSPS) is 24.8. The van der Waals surface area contributed by atoms with Gasteiger partial charge in [0.15, 0.2) is 0 Å². The van der Waals surface area contributed by atoms with E-state index in [9.17, 15) is 4.79 Å². The Hall–Kier alpha value is -0.670. The number of benzene rings is 1. The number of anilines is 1. The Labute approximate surface area is 111 Å². The fourth-order valence-electron chi connectivity index (χ4n) is 2.10. The summed E-state index contributed by atoms with van der Waals surface area (Å²) in [6, 6.07) is 5.98. The lowest BCUT2D eigenvalue weighted by atomic mass is 10.1. The van der Waals surface area contributed by atoms with Gasteiger partial charge in [-0.15, -0.1) is 0 Å². The Morgan fingerprint density at radius 1 is 1.47 bits per heavy atom. The number of thioether (sulfide) groups is 1. The number of aldehydes is 1. The van der Waals surface area contributed by atoms with Gasteiger partial charge in [-0.05, 0) is 25.1 Å². The van der Waals surface area contributed by atoms with Gasteiger partial charge in [0.2, 0.25) is 0 Å². The summed E-state index contributed by atoms with van der Waals surface area (Å²) in [5, 5.41) is 1.27. The molecule has 0 N–H and O–H groups in total. The van der Waals surface area contributed by atoms with Crippen LogP contribution in [-0.4, -0.2) is 29.9 Å². The smallest absolute Gasteiger partial charge is 0.150 e. The van der Waals surface area contributed by atoms with E-state index in [-0.39, 0.29) is 0 Å². The van der Waals surface area contributed by atoms with E-state index in [2.05, 4.69) is 18.7 Å². The second-order valence-electron chi connectivity index (χ2n) is 4.34. The predicted octanol–water partition coefficient (Wildman–Crippen LogP) is 3.48. The lowest BCUT2D eigenvalue weighted by Crippen LogP contribution is -2.44. The Kier molecular flexibility index (Phi) is 4.00. The zero-order chi connectivity index (χ0) is 12.4. The van der Waals surface area contributed by atoms with Crippen molar-refractivity contribution in [3.05, 3.63) is 28.8 Å². The first kappa shape index (κ1) is 12.8. The summed E-state index contributed by atoms with van der Waals surface area (Å²) in [6.45, 7) is 5.48. The Balaban J connectivity index is 2.29. The van der Waals surface area contributed by atoms with Gasteiger partial charge in [0.05, 0.1) is 10.7 Å². The molecule has 1 aliphatic heterocycles. The summed E-state index contributed by atoms with van der Waals surface area (Å²) in [6.07, 6.45) is 0.827. The second-order valence-corrected chi connectivity index (χ2v) is 6.23. The van der Waals surface area contributed by atoms with Gasteiger partial charge in [0, 0.05) is 29.2 Å². The Bertz CT molecular complexity index is 424. The van der Waals surface area contributed by atoms with Crippen molar-refractivity contribution in [1.29, 1.82) is 0 Å². The zero-order valence-electron chi connectivity index (χ0n) is 10.0. The number of hydrogen-bond donors (Lipinski definition) is 0. The predicted molar refractivity (Wildman–Crippen MR) is 75.6 cm³/mol. The molecule has 4 heteroatoms. The molecule has 0 saturated carbocycles. The maximum Gasteiger partial charge on any atom is 0.150 e. The van der Waals surface area contributed by atoms with Gasteiger partial charge in [0.25, 0.3) is 0 Å². The minimum Gasteiger partial charge on any atom is -0.366 e. The lowest BCUT2D eigenvalue weighted by molar-refractivity contribution is 0.112. The van der Waals surface area contributed by atoms with Crippen molar-refractivity contribution in [2.24, 2.45) is 0 Å². The number of carbonyl (C=O) groups excluding carboxylic acids is 1. The largest absolute Gasteiger partial charge is 0.366 e. The second kappa shape index (κ2) is 5.32. The average Bonchev–Trinajstić information content (AvgIpc) is 2.33. The van der Waals surface area contributed by atoms with E-state index >= 15 is 0 Å². The molecule has 1 saturated heterocycles. The molecule has 0 amide bonds. The van der Waals surface area contributed by atoms with Gasteiger partial charge in [-0.25, -0.2) is 0 Å². The quantitative estimate of drug-likeness (QED) is 0.767. The number of halogens is 1. The maximum absolute atomic E-state index is 10.7. The summed E-state index contributed by atoms with van der Waals surface area (Å²) in [5.41, 5.74) is 1.67. The van der Waals surface area contributed by atoms with Gasteiger partial charge in [-0.2, -0.15) is 11.8 Å². The molecular weight excluding hydrogens is 254 g/mol. The highest BCUT2D eigenvalue weighted by atomic mass is 35.5. The molecule has 2 rings (SSSR count). The molecule has 1 aromatic carbocycles. The average molecular weight is 270 g/mol. The molecule has 0 aromatic heterocycles. The van der Waals surface area contributed by atoms with Crippen molar-refractivity contribution in [2.75, 3.05) is 17.2 Å². The van der Waals surface area contributed by atoms with Gasteiger partial charge >= 0.3 is 0 Å². The van der Waals surface area contributed by atoms with E-state index in [0.717, 1.165) is 24.3 Å². The van der Waals surface area contributed by atoms with E-state index in [4.69, 9.17) is 11.6 Å². The molecular formula is C13H16ClNOS. The van der Waals surface area contributed by atoms with Gasteiger partial charge < -0.3 is 4.90 Å². The van der Waals surface area contributed by atoms with Crippen LogP contribution in [0.4, 0.5) is 5.69 Å². The summed E-state index contributed by atoms with van der Waals surface area (Å²) in [7, 11) is 0. The van der Waals surface area contributed by atoms with Crippen molar-refractivity contribution in [1.82, 2.24) is 0 Å². The van der Waals surface area contributed by atoms with E-state index < -0.39 is 0 Å². The molecule has 0 radical (unpaired) electrons. The van der Waals surface area contributed by atoms with Crippen molar-refractivity contribution < 1.29 is 4.79 Å². The molecule has 2 nitrogen and oxygen atoms in total. The molecule has 1 fully saturated rings. The third-order valence-electron chi connectivity index (χ3n) is 3.30. The molecule has 0 aliphatic carbocycles. The summed E-state index contributed by atoms with van der Waals surface area (Å²) in [5.74, 6) is 1.12. The highest BCUT2D eigenvalue weighted by Gasteiger charge is 2.26. The fourth-order valence-corrected chi connectivity index (χ4v) is 3.50. The van der Waals surface area contributed by atoms with Crippen LogP contribution < -0.4 is 4.90 Å². The molecule has 1 aromatic rings. The standard InChI is InChI=1S/C13H16ClNOS/c1-9-10(2)17-6-5-15(9)13-4-3-11(8-16)7-12(13)14/h3-4,7-10H,5-6H2,1-2H3. The monoisotopic (exact) mass is 269 g/mol. The van der Waals surface area contributed by atoms with Crippen molar-refractivity contribution in [2.45, 2.75) is 25.1 Å². The summed E-state index contributed by atoms with van der Waals surface area (Å²) >= 11 is 8.24. The minimum atomic E-state index is 0.466. The topological polar surface area (TPSA) is 20.3 Å². The number of rotatable bonds is 2. The molecule has 2 atom stereocenters. The van der Waals surface area contributed by atoms with Crippen LogP contribution in [0.2, 0.25) is 5.02 Å². The fraction of sp³-hybridized carbons (Fsp3) is 0.462. The maximum atomic E-state index is 10.7. The van der Waals surface area contributed by atoms with Crippen molar-refractivity contribution in [3.8, 4) is 0 Å². The van der Waals surface area contributed by atoms with E-state index in [1.807, 2.05) is 23.9 Å². The van der Waals surface area contributed by atoms with E-state index in [1.165, 1.54) is 0 Å². The molecule has 17 heavy (non-hydrogen) atoms. The van der Waals surface area contributed by atoms with Gasteiger partial charge in [-0.1, -0.05) is 18.5 Å². The zero-order valence-corrected chi connectivity index (χ0v) is 11.6. The number of carbonyl (C=O) groups is 1. The van der Waals surface area contributed by atoms with Crippen LogP contribution in [0.3, 0.4) is 0 Å².